The van der Waals surface area contributed by atoms with Crippen LogP contribution in [0.15, 0.2) is 12.7 Å². The van der Waals surface area contributed by atoms with Crippen molar-refractivity contribution in [3.63, 3.8) is 0 Å². The molecule has 0 aliphatic rings. The van der Waals surface area contributed by atoms with Crippen molar-refractivity contribution in [2.24, 2.45) is 0 Å². The topological polar surface area (TPSA) is 17.1 Å². The van der Waals surface area contributed by atoms with Gasteiger partial charge in [0.1, 0.15) is 0 Å². The molecule has 0 unspecified atom stereocenters. The molecule has 0 bridgehead atoms. The van der Waals surface area contributed by atoms with Gasteiger partial charge in [0.05, 0.1) is 0 Å². The van der Waals surface area contributed by atoms with Gasteiger partial charge in [-0.25, -0.2) is 0 Å². The van der Waals surface area contributed by atoms with Crippen LogP contribution < -0.4 is 0 Å². The maximum atomic E-state index is 10.1. The van der Waals surface area contributed by atoms with E-state index in [1.807, 2.05) is 5.92 Å². The monoisotopic (exact) mass is 94.0 g/mol. The fourth-order valence-corrected chi connectivity index (χ4v) is 0.190. The summed E-state index contributed by atoms with van der Waals surface area (Å²) in [7, 11) is 0. The Morgan fingerprint density at radius 2 is 2.57 bits per heavy atom. The molecule has 0 rings (SSSR count). The highest BCUT2D eigenvalue weighted by Gasteiger charge is 1.85. The minimum atomic E-state index is -0.213. The van der Waals surface area contributed by atoms with Crippen molar-refractivity contribution in [1.29, 1.82) is 0 Å². The van der Waals surface area contributed by atoms with E-state index in [1.165, 1.54) is 6.08 Å². The second-order valence-electron chi connectivity index (χ2n) is 1.06. The molecule has 0 spiro atoms. The molecule has 0 atom stereocenters. The summed E-state index contributed by atoms with van der Waals surface area (Å²) in [6, 6.07) is 0. The molecule has 1 heteroatoms. The smallest absolute Gasteiger partial charge is 0.208 e. The third-order valence-corrected chi connectivity index (χ3v) is 0.491. The molecule has 0 heterocycles. The van der Waals surface area contributed by atoms with Crippen molar-refractivity contribution >= 4 is 5.78 Å². The van der Waals surface area contributed by atoms with Crippen LogP contribution in [-0.4, -0.2) is 5.78 Å². The van der Waals surface area contributed by atoms with Gasteiger partial charge in [-0.05, 0) is 5.92 Å². The van der Waals surface area contributed by atoms with Crippen molar-refractivity contribution < 1.29 is 4.79 Å². The molecular weight excluding hydrogens is 88.1 g/mol. The average molecular weight is 94.1 g/mol. The molecule has 0 aromatic rings. The number of terminal acetylenes is 1. The Balaban J connectivity index is 3.43. The van der Waals surface area contributed by atoms with E-state index in [2.05, 4.69) is 6.58 Å². The minimum absolute atomic E-state index is 0.213. The van der Waals surface area contributed by atoms with E-state index >= 15 is 0 Å². The summed E-state index contributed by atoms with van der Waals surface area (Å²) in [5.74, 6) is 1.74. The fraction of sp³-hybridized carbons (Fsp3) is 0.167. The third kappa shape index (κ3) is 2.78. The number of rotatable bonds is 2. The summed E-state index contributed by atoms with van der Waals surface area (Å²) in [5, 5.41) is 0. The van der Waals surface area contributed by atoms with E-state index in [4.69, 9.17) is 6.42 Å². The lowest BCUT2D eigenvalue weighted by molar-refractivity contribution is -0.113. The van der Waals surface area contributed by atoms with Crippen LogP contribution in [0.2, 0.25) is 0 Å². The SMILES string of the molecule is C#CC(=O)CC=C. The predicted molar refractivity (Wildman–Crippen MR) is 28.7 cm³/mol. The Kier molecular flexibility index (Phi) is 2.70. The van der Waals surface area contributed by atoms with Crippen molar-refractivity contribution in [3.05, 3.63) is 12.7 Å². The van der Waals surface area contributed by atoms with Crippen LogP contribution in [0.5, 0.6) is 0 Å². The molecule has 7 heavy (non-hydrogen) atoms. The van der Waals surface area contributed by atoms with E-state index in [0.717, 1.165) is 0 Å². The van der Waals surface area contributed by atoms with E-state index < -0.39 is 0 Å². The maximum absolute atomic E-state index is 10.1. The Bertz CT molecular complexity index is 117. The Hall–Kier alpha value is -1.03. The number of carbonyl (C=O) groups is 1. The van der Waals surface area contributed by atoms with Gasteiger partial charge >= 0.3 is 0 Å². The predicted octanol–water partition coefficient (Wildman–Crippen LogP) is 0.765. The van der Waals surface area contributed by atoms with Crippen LogP contribution in [0.1, 0.15) is 6.42 Å². The first-order valence-corrected chi connectivity index (χ1v) is 1.91. The zero-order chi connectivity index (χ0) is 5.70. The second-order valence-corrected chi connectivity index (χ2v) is 1.06. The summed E-state index contributed by atoms with van der Waals surface area (Å²) in [5.41, 5.74) is 0. The zero-order valence-corrected chi connectivity index (χ0v) is 3.98. The highest BCUT2D eigenvalue weighted by Crippen LogP contribution is 1.77. The zero-order valence-electron chi connectivity index (χ0n) is 3.98. The first-order chi connectivity index (χ1) is 3.31. The molecule has 0 fully saturated rings. The molecule has 1 nitrogen and oxygen atoms in total. The Morgan fingerprint density at radius 1 is 2.00 bits per heavy atom. The summed E-state index contributed by atoms with van der Waals surface area (Å²) in [6.07, 6.45) is 6.49. The van der Waals surface area contributed by atoms with Gasteiger partial charge in [0.25, 0.3) is 0 Å². The van der Waals surface area contributed by atoms with Crippen LogP contribution in [0.4, 0.5) is 0 Å². The Morgan fingerprint density at radius 3 is 2.71 bits per heavy atom. The molecule has 0 radical (unpaired) electrons. The van der Waals surface area contributed by atoms with Gasteiger partial charge in [-0.15, -0.1) is 13.0 Å². The van der Waals surface area contributed by atoms with Crippen LogP contribution in [0, 0.1) is 12.3 Å². The van der Waals surface area contributed by atoms with E-state index in [1.54, 1.807) is 0 Å². The number of ketones is 1. The highest BCUT2D eigenvalue weighted by atomic mass is 16.1. The number of Topliss-reactive ketones (excluding diaryl/α,β-unsaturated/α-hetero) is 1. The van der Waals surface area contributed by atoms with Crippen molar-refractivity contribution in [3.8, 4) is 12.3 Å². The van der Waals surface area contributed by atoms with Gasteiger partial charge in [-0.1, -0.05) is 6.08 Å². The molecule has 0 amide bonds. The van der Waals surface area contributed by atoms with E-state index in [9.17, 15) is 4.79 Å². The molecule has 0 saturated heterocycles. The van der Waals surface area contributed by atoms with Crippen LogP contribution in [0.25, 0.3) is 0 Å². The summed E-state index contributed by atoms with van der Waals surface area (Å²) >= 11 is 0. The summed E-state index contributed by atoms with van der Waals surface area (Å²) in [6.45, 7) is 3.33. The van der Waals surface area contributed by atoms with E-state index in [-0.39, 0.29) is 12.2 Å². The molecule has 0 saturated carbocycles. The first kappa shape index (κ1) is 5.97. The molecule has 0 aromatic carbocycles. The lowest BCUT2D eigenvalue weighted by Crippen LogP contribution is -1.86. The Labute approximate surface area is 43.0 Å². The molecule has 0 N–H and O–H groups in total. The lowest BCUT2D eigenvalue weighted by atomic mass is 10.3. The van der Waals surface area contributed by atoms with E-state index in [0.29, 0.717) is 0 Å². The lowest BCUT2D eigenvalue weighted by Gasteiger charge is -1.75. The molecule has 0 aliphatic carbocycles. The normalized spacial score (nSPS) is 6.71. The number of allylic oxidation sites excluding steroid dienone is 1. The summed E-state index contributed by atoms with van der Waals surface area (Å²) in [4.78, 5) is 10.1. The standard InChI is InChI=1S/C6H6O/c1-3-5-6(7)4-2/h2-3H,1,5H2. The van der Waals surface area contributed by atoms with Crippen LogP contribution in [-0.2, 0) is 4.79 Å². The van der Waals surface area contributed by atoms with Crippen molar-refractivity contribution in [2.45, 2.75) is 6.42 Å². The van der Waals surface area contributed by atoms with Crippen molar-refractivity contribution in [2.75, 3.05) is 0 Å². The molecule has 0 aliphatic heterocycles. The van der Waals surface area contributed by atoms with Gasteiger partial charge in [0.2, 0.25) is 5.78 Å². The van der Waals surface area contributed by atoms with Gasteiger partial charge in [-0.2, -0.15) is 0 Å². The quantitative estimate of drug-likeness (QED) is 0.280. The first-order valence-electron chi connectivity index (χ1n) is 1.91. The van der Waals surface area contributed by atoms with Gasteiger partial charge in [0, 0.05) is 6.42 Å². The molecule has 0 aromatic heterocycles. The van der Waals surface area contributed by atoms with Gasteiger partial charge in [-0.3, -0.25) is 4.79 Å². The van der Waals surface area contributed by atoms with Crippen molar-refractivity contribution in [1.82, 2.24) is 0 Å². The highest BCUT2D eigenvalue weighted by molar-refractivity contribution is 5.95. The second kappa shape index (κ2) is 3.17. The number of carbonyl (C=O) groups excluding carboxylic acids is 1. The van der Waals surface area contributed by atoms with Crippen LogP contribution in [0.3, 0.4) is 0 Å². The van der Waals surface area contributed by atoms with Gasteiger partial charge in [0.15, 0.2) is 0 Å². The van der Waals surface area contributed by atoms with Gasteiger partial charge < -0.3 is 0 Å². The molecule has 36 valence electrons. The summed E-state index contributed by atoms with van der Waals surface area (Å²) < 4.78 is 0. The average Bonchev–Trinajstić information content (AvgIpc) is 1.68. The number of hydrogen-bond donors (Lipinski definition) is 0. The number of hydrogen-bond acceptors (Lipinski definition) is 1. The van der Waals surface area contributed by atoms with Crippen LogP contribution >= 0.6 is 0 Å². The minimum Gasteiger partial charge on any atom is -0.285 e. The third-order valence-electron chi connectivity index (χ3n) is 0.491. The molecular formula is C6H6O. The maximum Gasteiger partial charge on any atom is 0.208 e. The largest absolute Gasteiger partial charge is 0.285 e. The fourth-order valence-electron chi connectivity index (χ4n) is 0.190.